The highest BCUT2D eigenvalue weighted by Gasteiger charge is 2.47. The third-order valence-electron chi connectivity index (χ3n) is 12.7. The van der Waals surface area contributed by atoms with Gasteiger partial charge in [-0.3, -0.25) is 0 Å². The molecule has 1 nitrogen and oxygen atoms in total. The summed E-state index contributed by atoms with van der Waals surface area (Å²) in [6.07, 6.45) is 0. The van der Waals surface area contributed by atoms with Gasteiger partial charge in [0.05, 0.1) is 11.1 Å². The normalized spacial score (nSPS) is 12.7. The summed E-state index contributed by atoms with van der Waals surface area (Å²) < 4.78 is 2.59. The molecule has 0 saturated heterocycles. The maximum absolute atomic E-state index is 2.49. The number of anilines is 3. The molecule has 0 spiro atoms. The predicted octanol–water partition coefficient (Wildman–Crippen LogP) is 16.4. The Morgan fingerprint density at radius 2 is 0.902 bits per heavy atom. The van der Waals surface area contributed by atoms with Crippen molar-refractivity contribution in [3.05, 3.63) is 259 Å². The molecule has 10 aromatic carbocycles. The molecule has 12 rings (SSSR count). The van der Waals surface area contributed by atoms with Gasteiger partial charge in [-0.2, -0.15) is 0 Å². The van der Waals surface area contributed by atoms with E-state index in [0.29, 0.717) is 0 Å². The first-order valence-corrected chi connectivity index (χ1v) is 21.8. The lowest BCUT2D eigenvalue weighted by molar-refractivity contribution is 0.770. The number of para-hydroxylation sites is 1. The van der Waals surface area contributed by atoms with Gasteiger partial charge >= 0.3 is 0 Å². The molecule has 0 saturated carbocycles. The van der Waals surface area contributed by atoms with Crippen LogP contribution in [0.1, 0.15) is 22.3 Å². The van der Waals surface area contributed by atoms with Crippen molar-refractivity contribution < 1.29 is 0 Å². The van der Waals surface area contributed by atoms with Crippen LogP contribution in [0.2, 0.25) is 0 Å². The van der Waals surface area contributed by atoms with Crippen LogP contribution in [0, 0.1) is 0 Å². The average Bonchev–Trinajstić information content (AvgIpc) is 3.87. The van der Waals surface area contributed by atoms with Crippen LogP contribution in [0.15, 0.2) is 237 Å². The van der Waals surface area contributed by atoms with Crippen molar-refractivity contribution in [2.45, 2.75) is 5.41 Å². The molecule has 1 aromatic heterocycles. The van der Waals surface area contributed by atoms with Crippen molar-refractivity contribution in [3.63, 3.8) is 0 Å². The smallest absolute Gasteiger partial charge is 0.0719 e. The van der Waals surface area contributed by atoms with Crippen molar-refractivity contribution >= 4 is 59.3 Å². The van der Waals surface area contributed by atoms with E-state index in [1.165, 1.54) is 86.6 Å². The molecule has 1 aliphatic carbocycles. The minimum absolute atomic E-state index is 0.546. The first-order valence-electron chi connectivity index (χ1n) is 21.0. The van der Waals surface area contributed by atoms with E-state index in [2.05, 4.69) is 241 Å². The van der Waals surface area contributed by atoms with Crippen LogP contribution < -0.4 is 4.90 Å². The summed E-state index contributed by atoms with van der Waals surface area (Å²) >= 11 is 1.87. The van der Waals surface area contributed by atoms with Gasteiger partial charge < -0.3 is 4.90 Å². The largest absolute Gasteiger partial charge is 0.310 e. The maximum atomic E-state index is 2.49. The predicted molar refractivity (Wildman–Crippen MR) is 260 cm³/mol. The minimum Gasteiger partial charge on any atom is -0.310 e. The molecule has 0 aliphatic heterocycles. The van der Waals surface area contributed by atoms with Crippen molar-refractivity contribution in [3.8, 4) is 33.4 Å². The number of fused-ring (bicyclic) bond motifs is 8. The van der Waals surface area contributed by atoms with Crippen molar-refractivity contribution in [1.29, 1.82) is 0 Å². The SMILES string of the molecule is c1ccc(-c2cc(-c3cccc4c3C(c3ccccc3)(c3ccccc3)c3ccccc3-4)cc(N(c3ccccc3)c3cc4sc5ccccc5c4c4ccccc34)c2)cc1. The molecule has 286 valence electrons. The van der Waals surface area contributed by atoms with E-state index in [1.807, 2.05) is 11.3 Å². The number of thiophene rings is 1. The topological polar surface area (TPSA) is 3.24 Å². The molecule has 0 atom stereocenters. The standard InChI is InChI=1S/C59H39NS/c1-5-20-40(21-6-1)41-36-42(47-32-19-33-51-48-28-15-17-34-53(48)59(58(47)51,43-22-7-2-8-23-43)44-24-9-3-10-25-44)38-46(37-41)60(45-26-11-4-12-27-45)54-39-56-57(50-30-14-13-29-49(50)54)52-31-16-18-35-55(52)61-56/h1-39H. The molecular formula is C59H39NS. The molecule has 0 radical (unpaired) electrons. The molecule has 0 unspecified atom stereocenters. The number of hydrogen-bond acceptors (Lipinski definition) is 2. The van der Waals surface area contributed by atoms with Gasteiger partial charge in [0, 0.05) is 36.9 Å². The Bertz CT molecular complexity index is 3370. The summed E-state index contributed by atoms with van der Waals surface area (Å²) in [5, 5.41) is 5.12. The average molecular weight is 794 g/mol. The molecule has 0 fully saturated rings. The van der Waals surface area contributed by atoms with Gasteiger partial charge in [0.2, 0.25) is 0 Å². The van der Waals surface area contributed by atoms with Gasteiger partial charge in [-0.05, 0) is 103 Å². The zero-order valence-electron chi connectivity index (χ0n) is 33.4. The quantitative estimate of drug-likeness (QED) is 0.155. The van der Waals surface area contributed by atoms with Crippen LogP contribution in [-0.4, -0.2) is 0 Å². The third-order valence-corrected chi connectivity index (χ3v) is 13.8. The molecule has 11 aromatic rings. The molecule has 0 amide bonds. The van der Waals surface area contributed by atoms with Gasteiger partial charge in [0.25, 0.3) is 0 Å². The van der Waals surface area contributed by atoms with Crippen LogP contribution in [-0.2, 0) is 5.41 Å². The van der Waals surface area contributed by atoms with E-state index in [1.54, 1.807) is 0 Å². The molecule has 1 heterocycles. The lowest BCUT2D eigenvalue weighted by Crippen LogP contribution is -2.29. The van der Waals surface area contributed by atoms with Crippen LogP contribution in [0.3, 0.4) is 0 Å². The van der Waals surface area contributed by atoms with Crippen LogP contribution in [0.25, 0.3) is 64.3 Å². The van der Waals surface area contributed by atoms with Gasteiger partial charge in [-0.15, -0.1) is 11.3 Å². The number of hydrogen-bond donors (Lipinski definition) is 0. The Morgan fingerprint density at radius 1 is 0.344 bits per heavy atom. The summed E-state index contributed by atoms with van der Waals surface area (Å²) in [7, 11) is 0. The van der Waals surface area contributed by atoms with E-state index in [0.717, 1.165) is 17.1 Å². The summed E-state index contributed by atoms with van der Waals surface area (Å²) in [6.45, 7) is 0. The van der Waals surface area contributed by atoms with E-state index >= 15 is 0 Å². The van der Waals surface area contributed by atoms with Crippen LogP contribution in [0.5, 0.6) is 0 Å². The van der Waals surface area contributed by atoms with Crippen molar-refractivity contribution in [1.82, 2.24) is 0 Å². The molecular weight excluding hydrogens is 755 g/mol. The number of benzene rings is 10. The lowest BCUT2D eigenvalue weighted by atomic mass is 9.66. The lowest BCUT2D eigenvalue weighted by Gasteiger charge is -2.35. The van der Waals surface area contributed by atoms with E-state index in [9.17, 15) is 0 Å². The first kappa shape index (κ1) is 35.4. The molecule has 1 aliphatic rings. The summed E-state index contributed by atoms with van der Waals surface area (Å²) in [5.74, 6) is 0. The Labute approximate surface area is 360 Å². The van der Waals surface area contributed by atoms with Gasteiger partial charge in [0.15, 0.2) is 0 Å². The summed E-state index contributed by atoms with van der Waals surface area (Å²) in [4.78, 5) is 2.49. The molecule has 0 bridgehead atoms. The number of nitrogens with zero attached hydrogens (tertiary/aromatic N) is 1. The second-order valence-corrected chi connectivity index (χ2v) is 17.1. The first-order chi connectivity index (χ1) is 30.3. The molecule has 0 N–H and O–H groups in total. The summed E-state index contributed by atoms with van der Waals surface area (Å²) in [6, 6.07) is 87.4. The highest BCUT2D eigenvalue weighted by molar-refractivity contribution is 7.26. The fourth-order valence-corrected chi connectivity index (χ4v) is 11.4. The zero-order chi connectivity index (χ0) is 40.3. The fraction of sp³-hybridized carbons (Fsp3) is 0.0169. The molecule has 61 heavy (non-hydrogen) atoms. The fourth-order valence-electron chi connectivity index (χ4n) is 10.2. The van der Waals surface area contributed by atoms with E-state index in [-0.39, 0.29) is 0 Å². The Hall–Kier alpha value is -7.52. The Balaban J connectivity index is 1.18. The third kappa shape index (κ3) is 5.53. The highest BCUT2D eigenvalue weighted by Crippen LogP contribution is 2.59. The molecule has 2 heteroatoms. The van der Waals surface area contributed by atoms with Crippen LogP contribution >= 0.6 is 11.3 Å². The van der Waals surface area contributed by atoms with E-state index in [4.69, 9.17) is 0 Å². The van der Waals surface area contributed by atoms with E-state index < -0.39 is 5.41 Å². The van der Waals surface area contributed by atoms with Gasteiger partial charge in [-0.25, -0.2) is 0 Å². The Kier molecular flexibility index (Phi) is 8.33. The summed E-state index contributed by atoms with van der Waals surface area (Å²) in [5.41, 5.74) is 15.2. The highest BCUT2D eigenvalue weighted by atomic mass is 32.1. The minimum atomic E-state index is -0.546. The second kappa shape index (κ2) is 14.3. The number of rotatable bonds is 7. The second-order valence-electron chi connectivity index (χ2n) is 16.0. The maximum Gasteiger partial charge on any atom is 0.0719 e. The zero-order valence-corrected chi connectivity index (χ0v) is 34.2. The van der Waals surface area contributed by atoms with Crippen LogP contribution in [0.4, 0.5) is 17.1 Å². The van der Waals surface area contributed by atoms with Gasteiger partial charge in [0.1, 0.15) is 0 Å². The van der Waals surface area contributed by atoms with Crippen molar-refractivity contribution in [2.75, 3.05) is 4.90 Å². The monoisotopic (exact) mass is 793 g/mol. The van der Waals surface area contributed by atoms with Crippen molar-refractivity contribution in [2.24, 2.45) is 0 Å². The Morgan fingerprint density at radius 3 is 1.64 bits per heavy atom. The van der Waals surface area contributed by atoms with Gasteiger partial charge in [-0.1, -0.05) is 194 Å².